The molecular weight excluding hydrogens is 486 g/mol. The van der Waals surface area contributed by atoms with Crippen LogP contribution in [0.15, 0.2) is 48.5 Å². The van der Waals surface area contributed by atoms with Crippen LogP contribution in [0.3, 0.4) is 0 Å². The minimum absolute atomic E-state index is 0.0187. The lowest BCUT2D eigenvalue weighted by molar-refractivity contribution is -0.138. The molecule has 2 unspecified atom stereocenters. The van der Waals surface area contributed by atoms with E-state index in [9.17, 15) is 19.5 Å². The van der Waals surface area contributed by atoms with Crippen molar-refractivity contribution >= 4 is 40.9 Å². The fourth-order valence-corrected chi connectivity index (χ4v) is 8.60. The zero-order valence-electron chi connectivity index (χ0n) is 21.4. The van der Waals surface area contributed by atoms with Gasteiger partial charge in [0.1, 0.15) is 6.04 Å². The number of nitrogens with one attached hydrogen (secondary N) is 2. The average molecular weight is 522 g/mol. The van der Waals surface area contributed by atoms with Crippen molar-refractivity contribution in [3.63, 3.8) is 0 Å². The SMILES string of the molecule is Cc1ccc(C)c(NC(=O)C2N(CCCCCO)C(=O)[C@@H]3[C@@H](C(=O)Nc4ccccc4)[C@H]4CCC23S4)c1. The number of carbonyl (C=O) groups is 3. The number of aliphatic hydroxyl groups excluding tert-OH is 1. The van der Waals surface area contributed by atoms with E-state index in [1.165, 1.54) is 0 Å². The van der Waals surface area contributed by atoms with Crippen molar-refractivity contribution in [3.05, 3.63) is 59.7 Å². The Morgan fingerprint density at radius 3 is 2.59 bits per heavy atom. The van der Waals surface area contributed by atoms with Crippen molar-refractivity contribution in [3.8, 4) is 0 Å². The Balaban J connectivity index is 1.45. The summed E-state index contributed by atoms with van der Waals surface area (Å²) in [6.45, 7) is 4.50. The number of likely N-dealkylation sites (tertiary alicyclic amines) is 1. The third kappa shape index (κ3) is 4.66. The lowest BCUT2D eigenvalue weighted by Gasteiger charge is -2.34. The molecule has 3 N–H and O–H groups in total. The molecule has 3 fully saturated rings. The topological polar surface area (TPSA) is 98.7 Å². The van der Waals surface area contributed by atoms with Crippen LogP contribution in [0.4, 0.5) is 11.4 Å². The Morgan fingerprint density at radius 2 is 1.84 bits per heavy atom. The Kier molecular flexibility index (Phi) is 7.32. The number of fused-ring (bicyclic) bond motifs is 1. The van der Waals surface area contributed by atoms with Gasteiger partial charge in [0, 0.05) is 29.8 Å². The second kappa shape index (κ2) is 10.5. The Labute approximate surface area is 222 Å². The fourth-order valence-electron chi connectivity index (χ4n) is 6.38. The minimum atomic E-state index is -0.636. The molecule has 3 saturated heterocycles. The zero-order valence-corrected chi connectivity index (χ0v) is 22.2. The molecule has 3 amide bonds. The lowest BCUT2D eigenvalue weighted by Crippen LogP contribution is -2.51. The predicted molar refractivity (Wildman–Crippen MR) is 146 cm³/mol. The number of hydrogen-bond acceptors (Lipinski definition) is 5. The van der Waals surface area contributed by atoms with Crippen LogP contribution in [0.25, 0.3) is 0 Å². The number of nitrogens with zero attached hydrogens (tertiary/aromatic N) is 1. The van der Waals surface area contributed by atoms with Gasteiger partial charge < -0.3 is 20.6 Å². The standard InChI is InChI=1S/C29H35N3O4S/c1-18-11-12-19(2)21(17-18)31-27(35)25-29-14-13-22(37-29)23(26(34)30-20-9-5-3-6-10-20)24(29)28(36)32(25)15-7-4-8-16-33/h3,5-6,9-12,17,22-25,33H,4,7-8,13-16H2,1-2H3,(H,30,34)(H,31,35)/t22-,23+,24+,25?,29?/m1/s1. The molecule has 37 heavy (non-hydrogen) atoms. The summed E-state index contributed by atoms with van der Waals surface area (Å²) in [7, 11) is 0. The van der Waals surface area contributed by atoms with Gasteiger partial charge in [0.05, 0.1) is 16.6 Å². The van der Waals surface area contributed by atoms with E-state index in [-0.39, 0.29) is 29.6 Å². The maximum atomic E-state index is 14.0. The van der Waals surface area contributed by atoms with Crippen LogP contribution in [0.5, 0.6) is 0 Å². The molecule has 196 valence electrons. The van der Waals surface area contributed by atoms with E-state index in [1.54, 1.807) is 16.7 Å². The van der Waals surface area contributed by atoms with E-state index in [1.807, 2.05) is 62.4 Å². The maximum absolute atomic E-state index is 14.0. The molecule has 3 heterocycles. The van der Waals surface area contributed by atoms with Crippen molar-refractivity contribution in [1.82, 2.24) is 4.90 Å². The maximum Gasteiger partial charge on any atom is 0.248 e. The molecule has 7 nitrogen and oxygen atoms in total. The number of unbranched alkanes of at least 4 members (excludes halogenated alkanes) is 2. The summed E-state index contributed by atoms with van der Waals surface area (Å²) < 4.78 is -0.612. The van der Waals surface area contributed by atoms with Gasteiger partial charge in [-0.3, -0.25) is 14.4 Å². The fraction of sp³-hybridized carbons (Fsp3) is 0.483. The molecule has 0 radical (unpaired) electrons. The van der Waals surface area contributed by atoms with Gasteiger partial charge >= 0.3 is 0 Å². The summed E-state index contributed by atoms with van der Waals surface area (Å²) in [5, 5.41) is 15.4. The van der Waals surface area contributed by atoms with Gasteiger partial charge in [0.15, 0.2) is 0 Å². The second-order valence-corrected chi connectivity index (χ2v) is 12.1. The smallest absolute Gasteiger partial charge is 0.248 e. The molecule has 3 aliphatic heterocycles. The third-order valence-electron chi connectivity index (χ3n) is 8.10. The minimum Gasteiger partial charge on any atom is -0.396 e. The molecule has 2 aromatic carbocycles. The lowest BCUT2D eigenvalue weighted by atomic mass is 9.70. The van der Waals surface area contributed by atoms with E-state index in [2.05, 4.69) is 10.6 Å². The number of thioether (sulfide) groups is 1. The van der Waals surface area contributed by atoms with Gasteiger partial charge in [0.2, 0.25) is 17.7 Å². The molecule has 0 aliphatic carbocycles. The predicted octanol–water partition coefficient (Wildman–Crippen LogP) is 4.13. The van der Waals surface area contributed by atoms with Gasteiger partial charge in [-0.15, -0.1) is 11.8 Å². The van der Waals surface area contributed by atoms with E-state index < -0.39 is 22.6 Å². The van der Waals surface area contributed by atoms with E-state index in [4.69, 9.17) is 0 Å². The van der Waals surface area contributed by atoms with Crippen molar-refractivity contribution in [1.29, 1.82) is 0 Å². The first kappa shape index (κ1) is 25.8. The third-order valence-corrected chi connectivity index (χ3v) is 10.1. The molecule has 2 bridgehead atoms. The summed E-state index contributed by atoms with van der Waals surface area (Å²) in [6, 6.07) is 14.6. The van der Waals surface area contributed by atoms with Crippen LogP contribution in [-0.4, -0.2) is 56.9 Å². The second-order valence-electron chi connectivity index (χ2n) is 10.5. The number of benzene rings is 2. The highest BCUT2D eigenvalue weighted by Crippen LogP contribution is 2.66. The normalized spacial score (nSPS) is 27.9. The Hall–Kier alpha value is -2.84. The first-order valence-corrected chi connectivity index (χ1v) is 14.1. The molecule has 8 heteroatoms. The van der Waals surface area contributed by atoms with Crippen LogP contribution in [0.1, 0.15) is 43.2 Å². The molecule has 2 aromatic rings. The molecule has 5 rings (SSSR count). The van der Waals surface area contributed by atoms with Crippen molar-refractivity contribution in [2.24, 2.45) is 11.8 Å². The molecule has 5 atom stereocenters. The number of carbonyl (C=O) groups excluding carboxylic acids is 3. The van der Waals surface area contributed by atoms with Crippen LogP contribution in [-0.2, 0) is 14.4 Å². The summed E-state index contributed by atoms with van der Waals surface area (Å²) in [5.74, 6) is -1.39. The summed E-state index contributed by atoms with van der Waals surface area (Å²) in [4.78, 5) is 43.2. The van der Waals surface area contributed by atoms with Crippen molar-refractivity contribution < 1.29 is 19.5 Å². The monoisotopic (exact) mass is 521 g/mol. The van der Waals surface area contributed by atoms with E-state index >= 15 is 0 Å². The number of rotatable bonds is 9. The van der Waals surface area contributed by atoms with Crippen LogP contribution >= 0.6 is 11.8 Å². The first-order chi connectivity index (χ1) is 17.9. The molecule has 3 aliphatic rings. The van der Waals surface area contributed by atoms with E-state index in [0.717, 1.165) is 36.1 Å². The summed E-state index contributed by atoms with van der Waals surface area (Å²) in [6.07, 6.45) is 3.70. The quantitative estimate of drug-likeness (QED) is 0.431. The first-order valence-electron chi connectivity index (χ1n) is 13.2. The number of hydrogen-bond donors (Lipinski definition) is 3. The van der Waals surface area contributed by atoms with Crippen molar-refractivity contribution in [2.45, 2.75) is 62.0 Å². The number of aryl methyl sites for hydroxylation is 2. The molecule has 0 saturated carbocycles. The molecule has 0 aromatic heterocycles. The highest BCUT2D eigenvalue weighted by atomic mass is 32.2. The van der Waals surface area contributed by atoms with Crippen molar-refractivity contribution in [2.75, 3.05) is 23.8 Å². The van der Waals surface area contributed by atoms with Gasteiger partial charge in [-0.2, -0.15) is 0 Å². The number of amides is 3. The van der Waals surface area contributed by atoms with Gasteiger partial charge in [-0.05, 0) is 75.3 Å². The number of para-hydroxylation sites is 1. The highest BCUT2D eigenvalue weighted by Gasteiger charge is 2.73. The number of anilines is 2. The Morgan fingerprint density at radius 1 is 1.05 bits per heavy atom. The molecular formula is C29H35N3O4S. The molecule has 1 spiro atoms. The summed E-state index contributed by atoms with van der Waals surface area (Å²) in [5.41, 5.74) is 3.49. The van der Waals surface area contributed by atoms with Gasteiger partial charge in [0.25, 0.3) is 0 Å². The number of aliphatic hydroxyl groups is 1. The largest absolute Gasteiger partial charge is 0.396 e. The summed E-state index contributed by atoms with van der Waals surface area (Å²) >= 11 is 1.68. The van der Waals surface area contributed by atoms with Gasteiger partial charge in [-0.25, -0.2) is 0 Å². The highest BCUT2D eigenvalue weighted by molar-refractivity contribution is 8.02. The van der Waals surface area contributed by atoms with Crippen LogP contribution in [0.2, 0.25) is 0 Å². The zero-order chi connectivity index (χ0) is 26.2. The van der Waals surface area contributed by atoms with E-state index in [0.29, 0.717) is 25.1 Å². The van der Waals surface area contributed by atoms with Gasteiger partial charge in [-0.1, -0.05) is 30.3 Å². The Bertz CT molecular complexity index is 1190. The van der Waals surface area contributed by atoms with Crippen LogP contribution < -0.4 is 10.6 Å². The average Bonchev–Trinajstić information content (AvgIpc) is 3.52. The van der Waals surface area contributed by atoms with Crippen LogP contribution in [0, 0.1) is 25.7 Å².